The maximum atomic E-state index is 13.5. The third kappa shape index (κ3) is 3.67. The van der Waals surface area contributed by atoms with Crippen LogP contribution in [0.15, 0.2) is 30.6 Å². The number of piperidine rings is 1. The number of hydrogen-bond donors (Lipinski definition) is 3. The highest BCUT2D eigenvalue weighted by molar-refractivity contribution is 5.92. The molecule has 26 heavy (non-hydrogen) atoms. The molecule has 6 nitrogen and oxygen atoms in total. The fourth-order valence-electron chi connectivity index (χ4n) is 3.65. The predicted octanol–water partition coefficient (Wildman–Crippen LogP) is 2.20. The van der Waals surface area contributed by atoms with Crippen LogP contribution in [0.2, 0.25) is 0 Å². The quantitative estimate of drug-likeness (QED) is 0.784. The van der Waals surface area contributed by atoms with Crippen LogP contribution >= 0.6 is 0 Å². The van der Waals surface area contributed by atoms with Gasteiger partial charge in [0.2, 0.25) is 0 Å². The molecule has 7 heteroatoms. The zero-order valence-electron chi connectivity index (χ0n) is 14.5. The summed E-state index contributed by atoms with van der Waals surface area (Å²) in [6.45, 7) is 1.84. The molecule has 2 aromatic rings. The summed E-state index contributed by atoms with van der Waals surface area (Å²) in [6.07, 6.45) is 6.71. The van der Waals surface area contributed by atoms with Crippen molar-refractivity contribution in [3.05, 3.63) is 53.2 Å². The van der Waals surface area contributed by atoms with Crippen molar-refractivity contribution >= 4 is 11.7 Å². The Balaban J connectivity index is 1.39. The molecule has 1 atom stereocenters. The van der Waals surface area contributed by atoms with Gasteiger partial charge in [-0.05, 0) is 62.0 Å². The highest BCUT2D eigenvalue weighted by Gasteiger charge is 2.23. The number of aryl methyl sites for hydroxylation is 1. The standard InChI is InChI=1S/C19H22FN5O/c20-13-3-1-12-2-4-16(15(12)9-13)25-18-11-22-17(10-23-18)19(26)24-14-5-7-21-8-6-14/h1,3,9-11,14,16,21H,2,4-8H2,(H,23,25)(H,24,26). The molecule has 0 saturated carbocycles. The smallest absolute Gasteiger partial charge is 0.271 e. The minimum Gasteiger partial charge on any atom is -0.362 e. The second-order valence-electron chi connectivity index (χ2n) is 6.86. The summed E-state index contributed by atoms with van der Waals surface area (Å²) < 4.78 is 13.5. The van der Waals surface area contributed by atoms with Gasteiger partial charge in [0.05, 0.1) is 18.4 Å². The van der Waals surface area contributed by atoms with Crippen molar-refractivity contribution in [1.82, 2.24) is 20.6 Å². The Bertz CT molecular complexity index is 789. The molecular weight excluding hydrogens is 333 g/mol. The molecule has 4 rings (SSSR count). The lowest BCUT2D eigenvalue weighted by Gasteiger charge is -2.23. The lowest BCUT2D eigenvalue weighted by molar-refractivity contribution is 0.0924. The zero-order chi connectivity index (χ0) is 17.9. The van der Waals surface area contributed by atoms with Gasteiger partial charge in [0.1, 0.15) is 17.3 Å². The molecule has 1 unspecified atom stereocenters. The minimum atomic E-state index is -0.228. The molecule has 1 amide bonds. The van der Waals surface area contributed by atoms with Crippen molar-refractivity contribution in [2.24, 2.45) is 0 Å². The second kappa shape index (κ2) is 7.37. The molecule has 1 fully saturated rings. The van der Waals surface area contributed by atoms with Crippen LogP contribution in [0, 0.1) is 5.82 Å². The van der Waals surface area contributed by atoms with Crippen molar-refractivity contribution in [2.45, 2.75) is 37.8 Å². The number of amides is 1. The maximum Gasteiger partial charge on any atom is 0.271 e. The molecule has 2 aliphatic rings. The third-order valence-electron chi connectivity index (χ3n) is 5.07. The van der Waals surface area contributed by atoms with Gasteiger partial charge in [-0.2, -0.15) is 0 Å². The Morgan fingerprint density at radius 1 is 1.15 bits per heavy atom. The van der Waals surface area contributed by atoms with Gasteiger partial charge in [0.25, 0.3) is 5.91 Å². The van der Waals surface area contributed by atoms with Crippen molar-refractivity contribution in [3.63, 3.8) is 0 Å². The molecule has 1 aliphatic carbocycles. The first-order valence-electron chi connectivity index (χ1n) is 9.07. The molecule has 0 bridgehead atoms. The fraction of sp³-hybridized carbons (Fsp3) is 0.421. The van der Waals surface area contributed by atoms with Crippen molar-refractivity contribution in [2.75, 3.05) is 18.4 Å². The molecule has 1 aromatic heterocycles. The normalized spacial score (nSPS) is 19.8. The van der Waals surface area contributed by atoms with Crippen LogP contribution in [0.5, 0.6) is 0 Å². The number of halogens is 1. The zero-order valence-corrected chi connectivity index (χ0v) is 14.5. The van der Waals surface area contributed by atoms with Gasteiger partial charge >= 0.3 is 0 Å². The van der Waals surface area contributed by atoms with Gasteiger partial charge in [0, 0.05) is 6.04 Å². The Hall–Kier alpha value is -2.54. The third-order valence-corrected chi connectivity index (χ3v) is 5.07. The SMILES string of the molecule is O=C(NC1CCNCC1)c1cnc(NC2CCc3ccc(F)cc32)cn1. The number of carbonyl (C=O) groups excluding carboxylic acids is 1. The molecule has 1 saturated heterocycles. The number of aromatic nitrogens is 2. The van der Waals surface area contributed by atoms with E-state index in [4.69, 9.17) is 0 Å². The van der Waals surface area contributed by atoms with E-state index >= 15 is 0 Å². The molecule has 2 heterocycles. The number of hydrogen-bond acceptors (Lipinski definition) is 5. The van der Waals surface area contributed by atoms with Crippen LogP contribution < -0.4 is 16.0 Å². The monoisotopic (exact) mass is 355 g/mol. The summed E-state index contributed by atoms with van der Waals surface area (Å²) in [7, 11) is 0. The van der Waals surface area contributed by atoms with Crippen LogP contribution in [-0.4, -0.2) is 35.0 Å². The number of carbonyl (C=O) groups is 1. The van der Waals surface area contributed by atoms with E-state index in [1.54, 1.807) is 12.3 Å². The fourth-order valence-corrected chi connectivity index (χ4v) is 3.65. The number of anilines is 1. The Morgan fingerprint density at radius 2 is 2.00 bits per heavy atom. The van der Waals surface area contributed by atoms with Crippen LogP contribution in [0.1, 0.15) is 46.9 Å². The van der Waals surface area contributed by atoms with Gasteiger partial charge in [-0.3, -0.25) is 4.79 Å². The largest absolute Gasteiger partial charge is 0.362 e. The Labute approximate surface area is 151 Å². The average Bonchev–Trinajstić information content (AvgIpc) is 3.05. The number of benzene rings is 1. The lowest BCUT2D eigenvalue weighted by Crippen LogP contribution is -2.42. The molecular formula is C19H22FN5O. The van der Waals surface area contributed by atoms with E-state index in [2.05, 4.69) is 25.9 Å². The average molecular weight is 355 g/mol. The van der Waals surface area contributed by atoms with E-state index in [0.29, 0.717) is 11.5 Å². The summed E-state index contributed by atoms with van der Waals surface area (Å²) in [5.74, 6) is 0.170. The van der Waals surface area contributed by atoms with Gasteiger partial charge in [-0.15, -0.1) is 0 Å². The molecule has 1 aromatic carbocycles. The molecule has 3 N–H and O–H groups in total. The van der Waals surface area contributed by atoms with E-state index in [1.807, 2.05) is 6.07 Å². The summed E-state index contributed by atoms with van der Waals surface area (Å²) in [4.78, 5) is 20.8. The number of rotatable bonds is 4. The predicted molar refractivity (Wildman–Crippen MR) is 96.5 cm³/mol. The van der Waals surface area contributed by atoms with Gasteiger partial charge in [0.15, 0.2) is 0 Å². The topological polar surface area (TPSA) is 78.9 Å². The van der Waals surface area contributed by atoms with Crippen molar-refractivity contribution in [1.29, 1.82) is 0 Å². The maximum absolute atomic E-state index is 13.5. The van der Waals surface area contributed by atoms with E-state index in [1.165, 1.54) is 12.3 Å². The first-order chi connectivity index (χ1) is 12.7. The molecule has 136 valence electrons. The van der Waals surface area contributed by atoms with E-state index < -0.39 is 0 Å². The minimum absolute atomic E-state index is 0.0180. The van der Waals surface area contributed by atoms with Gasteiger partial charge in [-0.1, -0.05) is 6.07 Å². The first-order valence-corrected chi connectivity index (χ1v) is 9.07. The van der Waals surface area contributed by atoms with Crippen LogP contribution in [0.25, 0.3) is 0 Å². The number of fused-ring (bicyclic) bond motifs is 1. The van der Waals surface area contributed by atoms with Crippen LogP contribution in [0.3, 0.4) is 0 Å². The van der Waals surface area contributed by atoms with Crippen molar-refractivity contribution < 1.29 is 9.18 Å². The Kier molecular flexibility index (Phi) is 4.79. The van der Waals surface area contributed by atoms with E-state index in [0.717, 1.165) is 49.9 Å². The second-order valence-corrected chi connectivity index (χ2v) is 6.86. The summed E-state index contributed by atoms with van der Waals surface area (Å²) in [6, 6.07) is 5.12. The lowest BCUT2D eigenvalue weighted by atomic mass is 10.1. The molecule has 0 spiro atoms. The van der Waals surface area contributed by atoms with Gasteiger partial charge < -0.3 is 16.0 Å². The summed E-state index contributed by atoms with van der Waals surface area (Å²) in [5.41, 5.74) is 2.45. The van der Waals surface area contributed by atoms with E-state index in [9.17, 15) is 9.18 Å². The highest BCUT2D eigenvalue weighted by atomic mass is 19.1. The summed E-state index contributed by atoms with van der Waals surface area (Å²) >= 11 is 0. The molecule has 0 radical (unpaired) electrons. The summed E-state index contributed by atoms with van der Waals surface area (Å²) in [5, 5.41) is 9.56. The van der Waals surface area contributed by atoms with E-state index in [-0.39, 0.29) is 23.8 Å². The van der Waals surface area contributed by atoms with Crippen molar-refractivity contribution in [3.8, 4) is 0 Å². The number of nitrogens with zero attached hydrogens (tertiary/aromatic N) is 2. The highest BCUT2D eigenvalue weighted by Crippen LogP contribution is 2.33. The van der Waals surface area contributed by atoms with Crippen LogP contribution in [0.4, 0.5) is 10.2 Å². The molecule has 1 aliphatic heterocycles. The first kappa shape index (κ1) is 16.9. The Morgan fingerprint density at radius 3 is 2.77 bits per heavy atom. The van der Waals surface area contributed by atoms with Crippen LogP contribution in [-0.2, 0) is 6.42 Å². The van der Waals surface area contributed by atoms with Gasteiger partial charge in [-0.25, -0.2) is 14.4 Å². The number of nitrogens with one attached hydrogen (secondary N) is 3.